The zero-order chi connectivity index (χ0) is 20.9. The Balaban J connectivity index is 1.66. The molecule has 0 spiro atoms. The molecule has 3 rings (SSSR count). The predicted octanol–water partition coefficient (Wildman–Crippen LogP) is 4.24. The highest BCUT2D eigenvalue weighted by molar-refractivity contribution is 7.92. The molecule has 150 valence electrons. The van der Waals surface area contributed by atoms with Crippen molar-refractivity contribution >= 4 is 21.6 Å². The van der Waals surface area contributed by atoms with Crippen LogP contribution in [0, 0.1) is 0 Å². The van der Waals surface area contributed by atoms with Crippen LogP contribution in [0.25, 0.3) is 0 Å². The van der Waals surface area contributed by atoms with E-state index in [1.807, 2.05) is 44.2 Å². The largest absolute Gasteiger partial charge is 0.347 e. The standard InChI is InChI=1S/C23H24N2O3S/c1-23(2,17-18-9-5-3-6-10-18)24-22(26)19-13-15-20(16-14-19)25-29(27,28)21-11-7-4-8-12-21/h3-16,25H,17H2,1-2H3,(H,24,26). The smallest absolute Gasteiger partial charge is 0.261 e. The van der Waals surface area contributed by atoms with Gasteiger partial charge in [0.1, 0.15) is 0 Å². The Morgan fingerprint density at radius 3 is 1.97 bits per heavy atom. The van der Waals surface area contributed by atoms with Gasteiger partial charge in [-0.25, -0.2) is 8.42 Å². The average Bonchev–Trinajstić information content (AvgIpc) is 2.69. The second-order valence-electron chi connectivity index (χ2n) is 7.50. The molecule has 3 aromatic carbocycles. The molecule has 0 fully saturated rings. The van der Waals surface area contributed by atoms with E-state index >= 15 is 0 Å². The van der Waals surface area contributed by atoms with Crippen LogP contribution in [0.1, 0.15) is 29.8 Å². The SMILES string of the molecule is CC(C)(Cc1ccccc1)NC(=O)c1ccc(NS(=O)(=O)c2ccccc2)cc1. The van der Waals surface area contributed by atoms with Gasteiger partial charge in [-0.2, -0.15) is 0 Å². The number of rotatable bonds is 7. The second kappa shape index (κ2) is 8.49. The minimum absolute atomic E-state index is 0.185. The van der Waals surface area contributed by atoms with Crippen LogP contribution in [0.5, 0.6) is 0 Å². The summed E-state index contributed by atoms with van der Waals surface area (Å²) in [6.45, 7) is 3.94. The van der Waals surface area contributed by atoms with Gasteiger partial charge in [0, 0.05) is 16.8 Å². The van der Waals surface area contributed by atoms with Crippen LogP contribution in [-0.4, -0.2) is 19.9 Å². The summed E-state index contributed by atoms with van der Waals surface area (Å²) >= 11 is 0. The number of hydrogen-bond donors (Lipinski definition) is 2. The highest BCUT2D eigenvalue weighted by Gasteiger charge is 2.22. The van der Waals surface area contributed by atoms with Gasteiger partial charge in [0.05, 0.1) is 4.90 Å². The molecule has 3 aromatic rings. The Labute approximate surface area is 171 Å². The van der Waals surface area contributed by atoms with E-state index in [1.165, 1.54) is 12.1 Å². The summed E-state index contributed by atoms with van der Waals surface area (Å²) in [6.07, 6.45) is 0.703. The van der Waals surface area contributed by atoms with E-state index in [1.54, 1.807) is 42.5 Å². The highest BCUT2D eigenvalue weighted by atomic mass is 32.2. The molecule has 0 unspecified atom stereocenters. The summed E-state index contributed by atoms with van der Waals surface area (Å²) in [5, 5.41) is 3.04. The first-order valence-electron chi connectivity index (χ1n) is 9.30. The number of benzene rings is 3. The first kappa shape index (κ1) is 20.6. The maximum absolute atomic E-state index is 12.6. The quantitative estimate of drug-likeness (QED) is 0.614. The number of anilines is 1. The number of amides is 1. The Hall–Kier alpha value is -3.12. The summed E-state index contributed by atoms with van der Waals surface area (Å²) in [4.78, 5) is 12.8. The molecule has 2 N–H and O–H groups in total. The lowest BCUT2D eigenvalue weighted by Crippen LogP contribution is -2.45. The van der Waals surface area contributed by atoms with Gasteiger partial charge in [-0.3, -0.25) is 9.52 Å². The Bertz CT molecular complexity index is 1060. The van der Waals surface area contributed by atoms with E-state index < -0.39 is 15.6 Å². The zero-order valence-corrected chi connectivity index (χ0v) is 17.2. The zero-order valence-electron chi connectivity index (χ0n) is 16.4. The molecule has 6 heteroatoms. The molecule has 0 bridgehead atoms. The van der Waals surface area contributed by atoms with Crippen molar-refractivity contribution in [2.24, 2.45) is 0 Å². The molecular formula is C23H24N2O3S. The topological polar surface area (TPSA) is 75.3 Å². The Kier molecular flexibility index (Phi) is 6.03. The van der Waals surface area contributed by atoms with E-state index in [9.17, 15) is 13.2 Å². The fourth-order valence-corrected chi connectivity index (χ4v) is 4.11. The molecule has 29 heavy (non-hydrogen) atoms. The number of carbonyl (C=O) groups is 1. The predicted molar refractivity (Wildman–Crippen MR) is 115 cm³/mol. The van der Waals surface area contributed by atoms with Crippen LogP contribution in [-0.2, 0) is 16.4 Å². The third-order valence-corrected chi connectivity index (χ3v) is 5.79. The van der Waals surface area contributed by atoms with Crippen LogP contribution in [0.2, 0.25) is 0 Å². The van der Waals surface area contributed by atoms with Gasteiger partial charge >= 0.3 is 0 Å². The first-order chi connectivity index (χ1) is 13.8. The molecule has 0 aliphatic carbocycles. The minimum atomic E-state index is -3.66. The third-order valence-electron chi connectivity index (χ3n) is 4.39. The maximum Gasteiger partial charge on any atom is 0.261 e. The number of hydrogen-bond acceptors (Lipinski definition) is 3. The fourth-order valence-electron chi connectivity index (χ4n) is 3.03. The summed E-state index contributed by atoms with van der Waals surface area (Å²) in [7, 11) is -3.66. The van der Waals surface area contributed by atoms with Crippen LogP contribution in [0.3, 0.4) is 0 Å². The Morgan fingerprint density at radius 2 is 1.38 bits per heavy atom. The second-order valence-corrected chi connectivity index (χ2v) is 9.18. The van der Waals surface area contributed by atoms with Gasteiger partial charge < -0.3 is 5.32 Å². The molecule has 0 heterocycles. The van der Waals surface area contributed by atoms with Crippen molar-refractivity contribution in [2.75, 3.05) is 4.72 Å². The van der Waals surface area contributed by atoms with Crippen LogP contribution in [0.15, 0.2) is 89.8 Å². The maximum atomic E-state index is 12.6. The van der Waals surface area contributed by atoms with Crippen molar-refractivity contribution in [1.29, 1.82) is 0 Å². The normalized spacial score (nSPS) is 11.7. The lowest BCUT2D eigenvalue weighted by Gasteiger charge is -2.26. The Morgan fingerprint density at radius 1 is 0.828 bits per heavy atom. The van der Waals surface area contributed by atoms with Crippen molar-refractivity contribution in [1.82, 2.24) is 5.32 Å². The van der Waals surface area contributed by atoms with E-state index in [-0.39, 0.29) is 10.8 Å². The monoisotopic (exact) mass is 408 g/mol. The summed E-state index contributed by atoms with van der Waals surface area (Å²) in [5.74, 6) is -0.205. The van der Waals surface area contributed by atoms with E-state index in [2.05, 4.69) is 10.0 Å². The van der Waals surface area contributed by atoms with E-state index in [0.717, 1.165) is 5.56 Å². The molecule has 0 atom stereocenters. The van der Waals surface area contributed by atoms with Crippen LogP contribution in [0.4, 0.5) is 5.69 Å². The molecule has 0 saturated carbocycles. The van der Waals surface area contributed by atoms with Crippen LogP contribution < -0.4 is 10.0 Å². The van der Waals surface area contributed by atoms with Gasteiger partial charge in [0.25, 0.3) is 15.9 Å². The lowest BCUT2D eigenvalue weighted by atomic mass is 9.94. The summed E-state index contributed by atoms with van der Waals surface area (Å²) < 4.78 is 27.3. The number of sulfonamides is 1. The van der Waals surface area contributed by atoms with Crippen LogP contribution >= 0.6 is 0 Å². The molecule has 1 amide bonds. The molecule has 0 radical (unpaired) electrons. The molecule has 0 aliphatic rings. The van der Waals surface area contributed by atoms with Crippen molar-refractivity contribution in [2.45, 2.75) is 30.7 Å². The van der Waals surface area contributed by atoms with Gasteiger partial charge in [-0.1, -0.05) is 48.5 Å². The van der Waals surface area contributed by atoms with Gasteiger partial charge in [0.2, 0.25) is 0 Å². The molecule has 5 nitrogen and oxygen atoms in total. The van der Waals surface area contributed by atoms with E-state index in [0.29, 0.717) is 17.7 Å². The molecule has 0 aliphatic heterocycles. The molecule has 0 aromatic heterocycles. The van der Waals surface area contributed by atoms with Crippen molar-refractivity contribution in [3.05, 3.63) is 96.1 Å². The summed E-state index contributed by atoms with van der Waals surface area (Å²) in [5.41, 5.74) is 1.58. The highest BCUT2D eigenvalue weighted by Crippen LogP contribution is 2.18. The average molecular weight is 409 g/mol. The molecule has 0 saturated heterocycles. The number of carbonyl (C=O) groups excluding carboxylic acids is 1. The minimum Gasteiger partial charge on any atom is -0.347 e. The van der Waals surface area contributed by atoms with E-state index in [4.69, 9.17) is 0 Å². The summed E-state index contributed by atoms with van der Waals surface area (Å²) in [6, 6.07) is 24.5. The first-order valence-corrected chi connectivity index (χ1v) is 10.8. The van der Waals surface area contributed by atoms with Gasteiger partial charge in [0.15, 0.2) is 0 Å². The van der Waals surface area contributed by atoms with Crippen molar-refractivity contribution in [3.63, 3.8) is 0 Å². The lowest BCUT2D eigenvalue weighted by molar-refractivity contribution is 0.0913. The fraction of sp³-hybridized carbons (Fsp3) is 0.174. The third kappa shape index (κ3) is 5.68. The van der Waals surface area contributed by atoms with Crippen molar-refractivity contribution in [3.8, 4) is 0 Å². The number of nitrogens with one attached hydrogen (secondary N) is 2. The van der Waals surface area contributed by atoms with Crippen molar-refractivity contribution < 1.29 is 13.2 Å². The van der Waals surface area contributed by atoms with Gasteiger partial charge in [-0.05, 0) is 62.2 Å². The van der Waals surface area contributed by atoms with Gasteiger partial charge in [-0.15, -0.1) is 0 Å². The molecular weight excluding hydrogens is 384 g/mol.